The Kier molecular flexibility index (Phi) is 5.22. The number of carbonyl (C=O) groups excluding carboxylic acids is 1. The molecule has 0 aliphatic heterocycles. The van der Waals surface area contributed by atoms with Gasteiger partial charge in [-0.25, -0.2) is 0 Å². The number of hydrogen-bond donors (Lipinski definition) is 1. The molecule has 0 radical (unpaired) electrons. The first kappa shape index (κ1) is 15.1. The summed E-state index contributed by atoms with van der Waals surface area (Å²) in [7, 11) is 1.74. The van der Waals surface area contributed by atoms with E-state index in [-0.39, 0.29) is 5.91 Å². The lowest BCUT2D eigenvalue weighted by Crippen LogP contribution is -2.25. The van der Waals surface area contributed by atoms with Crippen LogP contribution >= 0.6 is 0 Å². The van der Waals surface area contributed by atoms with Crippen molar-refractivity contribution in [1.29, 1.82) is 0 Å². The Balaban J connectivity index is 2.26. The highest BCUT2D eigenvalue weighted by molar-refractivity contribution is 5.76. The number of carbonyl (C=O) groups is 1. The molecular formula is C18H27NO. The van der Waals surface area contributed by atoms with Gasteiger partial charge < -0.3 is 5.32 Å². The Hall–Kier alpha value is -1.31. The molecule has 1 atom stereocenters. The van der Waals surface area contributed by atoms with Crippen molar-refractivity contribution in [3.8, 4) is 0 Å². The molecule has 1 unspecified atom stereocenters. The molecule has 1 amide bonds. The molecule has 2 rings (SSSR count). The Morgan fingerprint density at radius 3 is 2.55 bits per heavy atom. The molecule has 1 aromatic rings. The van der Waals surface area contributed by atoms with E-state index in [2.05, 4.69) is 37.4 Å². The van der Waals surface area contributed by atoms with E-state index in [4.69, 9.17) is 0 Å². The number of hydrogen-bond acceptors (Lipinski definition) is 1. The zero-order valence-electron chi connectivity index (χ0n) is 13.0. The molecule has 2 nitrogen and oxygen atoms in total. The van der Waals surface area contributed by atoms with E-state index in [0.29, 0.717) is 18.3 Å². The molecule has 1 aliphatic carbocycles. The fraction of sp³-hybridized carbons (Fsp3) is 0.611. The lowest BCUT2D eigenvalue weighted by Gasteiger charge is -2.31. The molecule has 0 spiro atoms. The van der Waals surface area contributed by atoms with Crippen LogP contribution in [-0.2, 0) is 4.79 Å². The summed E-state index contributed by atoms with van der Waals surface area (Å²) in [6.45, 7) is 4.31. The third-order valence-corrected chi connectivity index (χ3v) is 4.73. The van der Waals surface area contributed by atoms with E-state index in [1.807, 2.05) is 0 Å². The highest BCUT2D eigenvalue weighted by atomic mass is 16.1. The van der Waals surface area contributed by atoms with Crippen LogP contribution in [0.2, 0.25) is 0 Å². The molecule has 110 valence electrons. The molecule has 1 aromatic carbocycles. The van der Waals surface area contributed by atoms with Crippen LogP contribution in [-0.4, -0.2) is 13.0 Å². The Labute approximate surface area is 123 Å². The van der Waals surface area contributed by atoms with Crippen molar-refractivity contribution in [2.75, 3.05) is 7.05 Å². The zero-order valence-corrected chi connectivity index (χ0v) is 13.0. The second kappa shape index (κ2) is 6.92. The molecule has 1 N–H and O–H groups in total. The van der Waals surface area contributed by atoms with Crippen LogP contribution in [0, 0.1) is 19.8 Å². The van der Waals surface area contributed by atoms with Gasteiger partial charge in [-0.1, -0.05) is 43.0 Å². The summed E-state index contributed by atoms with van der Waals surface area (Å²) in [4.78, 5) is 11.9. The normalized spacial score (nSPS) is 17.8. The summed E-state index contributed by atoms with van der Waals surface area (Å²) in [5.74, 6) is 1.22. The van der Waals surface area contributed by atoms with Gasteiger partial charge in [-0.2, -0.15) is 0 Å². The van der Waals surface area contributed by atoms with Crippen molar-refractivity contribution in [2.24, 2.45) is 5.92 Å². The van der Waals surface area contributed by atoms with Crippen molar-refractivity contribution in [3.05, 3.63) is 34.9 Å². The summed E-state index contributed by atoms with van der Waals surface area (Å²) in [5.41, 5.74) is 4.02. The van der Waals surface area contributed by atoms with E-state index < -0.39 is 0 Å². The van der Waals surface area contributed by atoms with Gasteiger partial charge in [0.05, 0.1) is 0 Å². The molecule has 2 heteroatoms. The van der Waals surface area contributed by atoms with E-state index >= 15 is 0 Å². The molecule has 1 aliphatic rings. The fourth-order valence-electron chi connectivity index (χ4n) is 3.61. The van der Waals surface area contributed by atoms with Crippen LogP contribution in [0.5, 0.6) is 0 Å². The molecular weight excluding hydrogens is 246 g/mol. The number of benzene rings is 1. The monoisotopic (exact) mass is 273 g/mol. The minimum atomic E-state index is 0.167. The molecule has 0 heterocycles. The minimum Gasteiger partial charge on any atom is -0.359 e. The van der Waals surface area contributed by atoms with Crippen LogP contribution in [0.1, 0.15) is 61.1 Å². The SMILES string of the molecule is CNC(=O)CC(c1ccc(C)cc1C)C1CCCCC1. The second-order valence-corrected chi connectivity index (χ2v) is 6.24. The summed E-state index contributed by atoms with van der Waals surface area (Å²) in [6, 6.07) is 6.67. The highest BCUT2D eigenvalue weighted by Crippen LogP contribution is 2.39. The molecule has 1 fully saturated rings. The van der Waals surface area contributed by atoms with Crippen LogP contribution in [0.4, 0.5) is 0 Å². The number of nitrogens with one attached hydrogen (secondary N) is 1. The number of rotatable bonds is 4. The van der Waals surface area contributed by atoms with Gasteiger partial charge >= 0.3 is 0 Å². The third-order valence-electron chi connectivity index (χ3n) is 4.73. The van der Waals surface area contributed by atoms with Crippen LogP contribution < -0.4 is 5.32 Å². The summed E-state index contributed by atoms with van der Waals surface area (Å²) in [6.07, 6.45) is 7.17. The quantitative estimate of drug-likeness (QED) is 0.879. The van der Waals surface area contributed by atoms with Gasteiger partial charge in [0.15, 0.2) is 0 Å². The smallest absolute Gasteiger partial charge is 0.220 e. The van der Waals surface area contributed by atoms with Gasteiger partial charge in [-0.3, -0.25) is 4.79 Å². The minimum absolute atomic E-state index is 0.167. The largest absolute Gasteiger partial charge is 0.359 e. The van der Waals surface area contributed by atoms with E-state index in [9.17, 15) is 4.79 Å². The van der Waals surface area contributed by atoms with Gasteiger partial charge in [0.25, 0.3) is 0 Å². The Bertz CT molecular complexity index is 460. The maximum Gasteiger partial charge on any atom is 0.220 e. The van der Waals surface area contributed by atoms with Crippen LogP contribution in [0.15, 0.2) is 18.2 Å². The molecule has 20 heavy (non-hydrogen) atoms. The predicted octanol–water partition coefficient (Wildman–Crippen LogP) is 4.10. The zero-order chi connectivity index (χ0) is 14.5. The number of aryl methyl sites for hydroxylation is 2. The standard InChI is InChI=1S/C18H27NO/c1-13-9-10-16(14(2)11-13)17(12-18(20)19-3)15-7-5-4-6-8-15/h9-11,15,17H,4-8,12H2,1-3H3,(H,19,20). The number of amides is 1. The fourth-order valence-corrected chi connectivity index (χ4v) is 3.61. The Morgan fingerprint density at radius 2 is 1.95 bits per heavy atom. The molecule has 1 saturated carbocycles. The molecule has 0 aromatic heterocycles. The van der Waals surface area contributed by atoms with Crippen molar-refractivity contribution < 1.29 is 4.79 Å². The first-order chi connectivity index (χ1) is 9.61. The van der Waals surface area contributed by atoms with Crippen LogP contribution in [0.3, 0.4) is 0 Å². The first-order valence-corrected chi connectivity index (χ1v) is 7.89. The predicted molar refractivity (Wildman–Crippen MR) is 83.9 cm³/mol. The van der Waals surface area contributed by atoms with E-state index in [1.54, 1.807) is 7.05 Å². The highest BCUT2D eigenvalue weighted by Gasteiger charge is 2.27. The van der Waals surface area contributed by atoms with Gasteiger partial charge in [0, 0.05) is 13.5 Å². The first-order valence-electron chi connectivity index (χ1n) is 7.89. The summed E-state index contributed by atoms with van der Waals surface area (Å²) >= 11 is 0. The molecule has 0 saturated heterocycles. The lowest BCUT2D eigenvalue weighted by atomic mass is 9.74. The summed E-state index contributed by atoms with van der Waals surface area (Å²) in [5, 5.41) is 2.80. The average Bonchev–Trinajstić information content (AvgIpc) is 2.46. The van der Waals surface area contributed by atoms with Crippen LogP contribution in [0.25, 0.3) is 0 Å². The Morgan fingerprint density at radius 1 is 1.25 bits per heavy atom. The summed E-state index contributed by atoms with van der Waals surface area (Å²) < 4.78 is 0. The van der Waals surface area contributed by atoms with Gasteiger partial charge in [-0.05, 0) is 49.7 Å². The van der Waals surface area contributed by atoms with Gasteiger partial charge in [-0.15, -0.1) is 0 Å². The lowest BCUT2D eigenvalue weighted by molar-refractivity contribution is -0.121. The third kappa shape index (κ3) is 3.62. The van der Waals surface area contributed by atoms with Gasteiger partial charge in [0.2, 0.25) is 5.91 Å². The van der Waals surface area contributed by atoms with Crippen molar-refractivity contribution in [2.45, 2.75) is 58.3 Å². The van der Waals surface area contributed by atoms with Crippen molar-refractivity contribution >= 4 is 5.91 Å². The topological polar surface area (TPSA) is 29.1 Å². The maximum atomic E-state index is 11.9. The average molecular weight is 273 g/mol. The van der Waals surface area contributed by atoms with E-state index in [0.717, 1.165) is 0 Å². The second-order valence-electron chi connectivity index (χ2n) is 6.24. The van der Waals surface area contributed by atoms with Gasteiger partial charge in [0.1, 0.15) is 0 Å². The van der Waals surface area contributed by atoms with E-state index in [1.165, 1.54) is 48.8 Å². The maximum absolute atomic E-state index is 11.9. The van der Waals surface area contributed by atoms with Crippen molar-refractivity contribution in [3.63, 3.8) is 0 Å². The van der Waals surface area contributed by atoms with Crippen molar-refractivity contribution in [1.82, 2.24) is 5.32 Å². The molecule has 0 bridgehead atoms.